The Kier molecular flexibility index (Phi) is 3.78. The quantitative estimate of drug-likeness (QED) is 0.689. The Bertz CT molecular complexity index is 789. The summed E-state index contributed by atoms with van der Waals surface area (Å²) in [6.45, 7) is 0.539. The predicted octanol–water partition coefficient (Wildman–Crippen LogP) is 2.53. The number of nitrogens with one attached hydrogen (secondary N) is 2. The van der Waals surface area contributed by atoms with Gasteiger partial charge in [-0.1, -0.05) is 15.9 Å². The fourth-order valence-electron chi connectivity index (χ4n) is 1.87. The maximum Gasteiger partial charge on any atom is 0.293 e. The number of aromatic nitrogens is 4. The van der Waals surface area contributed by atoms with Gasteiger partial charge in [-0.3, -0.25) is 9.89 Å². The average molecular weight is 348 g/mol. The third-order valence-corrected chi connectivity index (χ3v) is 3.27. The molecule has 0 amide bonds. The van der Waals surface area contributed by atoms with Crippen molar-refractivity contribution >= 4 is 44.9 Å². The zero-order valence-corrected chi connectivity index (χ0v) is 12.3. The monoisotopic (exact) mass is 347 g/mol. The minimum absolute atomic E-state index is 0.147. The summed E-state index contributed by atoms with van der Waals surface area (Å²) in [6, 6.07) is 7.50. The number of halogens is 1. The molecule has 0 aliphatic heterocycles. The van der Waals surface area contributed by atoms with E-state index in [0.29, 0.717) is 23.8 Å². The molecule has 0 aliphatic rings. The van der Waals surface area contributed by atoms with Crippen molar-refractivity contribution in [2.75, 3.05) is 5.32 Å². The van der Waals surface area contributed by atoms with Crippen LogP contribution in [0.25, 0.3) is 10.9 Å². The van der Waals surface area contributed by atoms with E-state index in [1.165, 1.54) is 6.33 Å². The Balaban J connectivity index is 1.89. The van der Waals surface area contributed by atoms with Crippen LogP contribution in [-0.4, -0.2) is 26.6 Å². The number of carbonyl (C=O) groups excluding carboxylic acids is 1. The van der Waals surface area contributed by atoms with Gasteiger partial charge in [-0.25, -0.2) is 9.97 Å². The number of anilines is 2. The molecule has 7 nitrogen and oxygen atoms in total. The van der Waals surface area contributed by atoms with Gasteiger partial charge in [0.15, 0.2) is 5.82 Å². The highest BCUT2D eigenvalue weighted by Gasteiger charge is 2.07. The van der Waals surface area contributed by atoms with Crippen LogP contribution in [0.4, 0.5) is 11.6 Å². The molecule has 8 heteroatoms. The number of benzene rings is 1. The van der Waals surface area contributed by atoms with Crippen LogP contribution in [-0.2, 0) is 16.1 Å². The third-order valence-electron chi connectivity index (χ3n) is 2.78. The van der Waals surface area contributed by atoms with Crippen LogP contribution >= 0.6 is 15.9 Å². The van der Waals surface area contributed by atoms with Crippen molar-refractivity contribution in [1.82, 2.24) is 20.2 Å². The van der Waals surface area contributed by atoms with Crippen LogP contribution in [0, 0.1) is 0 Å². The molecule has 0 fully saturated rings. The van der Waals surface area contributed by atoms with Crippen LogP contribution in [0.15, 0.2) is 35.1 Å². The summed E-state index contributed by atoms with van der Waals surface area (Å²) in [5.41, 5.74) is 1.51. The molecule has 0 unspecified atom stereocenters. The minimum atomic E-state index is 0.147. The highest BCUT2D eigenvalue weighted by atomic mass is 79.9. The molecule has 0 aliphatic carbocycles. The molecule has 0 radical (unpaired) electrons. The van der Waals surface area contributed by atoms with Crippen LogP contribution in [0.2, 0.25) is 0 Å². The van der Waals surface area contributed by atoms with Crippen LogP contribution in [0.3, 0.4) is 0 Å². The number of aromatic amines is 1. The molecule has 0 saturated carbocycles. The Morgan fingerprint density at radius 1 is 1.33 bits per heavy atom. The molecular weight excluding hydrogens is 338 g/mol. The first-order valence-corrected chi connectivity index (χ1v) is 6.82. The van der Waals surface area contributed by atoms with E-state index in [2.05, 4.69) is 46.1 Å². The number of nitrogens with zero attached hydrogens (tertiary/aromatic N) is 3. The zero-order valence-electron chi connectivity index (χ0n) is 10.7. The Morgan fingerprint density at radius 3 is 3.10 bits per heavy atom. The largest absolute Gasteiger partial charge is 0.461 e. The molecule has 2 heterocycles. The molecule has 0 atom stereocenters. The van der Waals surface area contributed by atoms with E-state index in [9.17, 15) is 4.79 Å². The van der Waals surface area contributed by atoms with E-state index in [-0.39, 0.29) is 6.61 Å². The molecule has 21 heavy (non-hydrogen) atoms. The summed E-state index contributed by atoms with van der Waals surface area (Å²) < 4.78 is 5.60. The van der Waals surface area contributed by atoms with E-state index in [1.807, 2.05) is 18.2 Å². The Labute approximate surface area is 127 Å². The van der Waals surface area contributed by atoms with Gasteiger partial charge >= 0.3 is 0 Å². The summed E-state index contributed by atoms with van der Waals surface area (Å²) in [5.74, 6) is 1.23. The SMILES string of the molecule is O=COCc1cc(Nc2ncnc3ccc(Br)cc23)n[nH]1. The Morgan fingerprint density at radius 2 is 2.24 bits per heavy atom. The number of H-pyrrole nitrogens is 1. The summed E-state index contributed by atoms with van der Waals surface area (Å²) >= 11 is 3.43. The highest BCUT2D eigenvalue weighted by Crippen LogP contribution is 2.25. The third kappa shape index (κ3) is 3.00. The van der Waals surface area contributed by atoms with Crippen molar-refractivity contribution < 1.29 is 9.53 Å². The lowest BCUT2D eigenvalue weighted by Gasteiger charge is -2.05. The average Bonchev–Trinajstić information content (AvgIpc) is 2.93. The van der Waals surface area contributed by atoms with E-state index < -0.39 is 0 Å². The second-order valence-electron chi connectivity index (χ2n) is 4.19. The molecule has 2 aromatic heterocycles. The number of hydrogen-bond acceptors (Lipinski definition) is 6. The van der Waals surface area contributed by atoms with Crippen molar-refractivity contribution in [1.29, 1.82) is 0 Å². The van der Waals surface area contributed by atoms with Crippen LogP contribution < -0.4 is 5.32 Å². The van der Waals surface area contributed by atoms with E-state index in [0.717, 1.165) is 15.4 Å². The smallest absolute Gasteiger partial charge is 0.293 e. The van der Waals surface area contributed by atoms with Crippen molar-refractivity contribution in [3.05, 3.63) is 40.8 Å². The standard InChI is InChI=1S/C13H10BrN5O2/c14-8-1-2-11-10(3-8)13(16-6-15-11)17-12-4-9(18-19-12)5-21-7-20/h1-4,6-7H,5H2,(H2,15,16,17,18,19). The molecule has 3 aromatic rings. The molecule has 0 saturated heterocycles. The number of ether oxygens (including phenoxy) is 1. The molecule has 0 bridgehead atoms. The van der Waals surface area contributed by atoms with E-state index in [1.54, 1.807) is 6.07 Å². The normalized spacial score (nSPS) is 10.5. The first-order chi connectivity index (χ1) is 10.3. The highest BCUT2D eigenvalue weighted by molar-refractivity contribution is 9.10. The second kappa shape index (κ2) is 5.88. The molecule has 2 N–H and O–H groups in total. The fourth-order valence-corrected chi connectivity index (χ4v) is 2.23. The van der Waals surface area contributed by atoms with Gasteiger partial charge < -0.3 is 10.1 Å². The first kappa shape index (κ1) is 13.5. The van der Waals surface area contributed by atoms with Crippen molar-refractivity contribution in [3.63, 3.8) is 0 Å². The molecular formula is C13H10BrN5O2. The van der Waals surface area contributed by atoms with Gasteiger partial charge in [0.05, 0.1) is 11.2 Å². The van der Waals surface area contributed by atoms with Gasteiger partial charge in [0, 0.05) is 15.9 Å². The number of carbonyl (C=O) groups is 1. The number of fused-ring (bicyclic) bond motifs is 1. The van der Waals surface area contributed by atoms with Gasteiger partial charge in [-0.05, 0) is 18.2 Å². The molecule has 106 valence electrons. The number of hydrogen-bond donors (Lipinski definition) is 2. The summed E-state index contributed by atoms with van der Waals surface area (Å²) in [6.07, 6.45) is 1.49. The van der Waals surface area contributed by atoms with Crippen molar-refractivity contribution in [3.8, 4) is 0 Å². The van der Waals surface area contributed by atoms with E-state index >= 15 is 0 Å². The van der Waals surface area contributed by atoms with Crippen molar-refractivity contribution in [2.24, 2.45) is 0 Å². The summed E-state index contributed by atoms with van der Waals surface area (Å²) in [7, 11) is 0. The van der Waals surface area contributed by atoms with E-state index in [4.69, 9.17) is 0 Å². The lowest BCUT2D eigenvalue weighted by atomic mass is 10.2. The molecule has 3 rings (SSSR count). The number of rotatable bonds is 5. The van der Waals surface area contributed by atoms with Gasteiger partial charge in [0.1, 0.15) is 18.8 Å². The summed E-state index contributed by atoms with van der Waals surface area (Å²) in [4.78, 5) is 18.6. The van der Waals surface area contributed by atoms with Gasteiger partial charge in [-0.15, -0.1) is 0 Å². The lowest BCUT2D eigenvalue weighted by molar-refractivity contribution is -0.129. The van der Waals surface area contributed by atoms with Crippen LogP contribution in [0.5, 0.6) is 0 Å². The molecule has 1 aromatic carbocycles. The zero-order chi connectivity index (χ0) is 14.7. The first-order valence-electron chi connectivity index (χ1n) is 6.03. The van der Waals surface area contributed by atoms with Crippen molar-refractivity contribution in [2.45, 2.75) is 6.61 Å². The van der Waals surface area contributed by atoms with Gasteiger partial charge in [-0.2, -0.15) is 5.10 Å². The minimum Gasteiger partial charge on any atom is -0.461 e. The maximum absolute atomic E-state index is 10.2. The predicted molar refractivity (Wildman–Crippen MR) is 80.0 cm³/mol. The summed E-state index contributed by atoms with van der Waals surface area (Å²) in [5, 5.41) is 10.8. The lowest BCUT2D eigenvalue weighted by Crippen LogP contribution is -1.96. The second-order valence-corrected chi connectivity index (χ2v) is 5.11. The Hall–Kier alpha value is -2.48. The maximum atomic E-state index is 10.2. The van der Waals surface area contributed by atoms with Gasteiger partial charge in [0.2, 0.25) is 0 Å². The fraction of sp³-hybridized carbons (Fsp3) is 0.0769. The molecule has 0 spiro atoms. The van der Waals surface area contributed by atoms with Crippen LogP contribution in [0.1, 0.15) is 5.69 Å². The van der Waals surface area contributed by atoms with Gasteiger partial charge in [0.25, 0.3) is 6.47 Å². The topological polar surface area (TPSA) is 92.8 Å².